The van der Waals surface area contributed by atoms with Gasteiger partial charge in [-0.25, -0.2) is 9.18 Å². The Morgan fingerprint density at radius 2 is 1.78 bits per heavy atom. The van der Waals surface area contributed by atoms with Crippen molar-refractivity contribution >= 4 is 35.1 Å². The van der Waals surface area contributed by atoms with Crippen molar-refractivity contribution in [2.75, 3.05) is 16.8 Å². The summed E-state index contributed by atoms with van der Waals surface area (Å²) in [5.74, 6) is -1.86. The molecular formula is C28H31FN4O4. The van der Waals surface area contributed by atoms with Gasteiger partial charge in [-0.15, -0.1) is 0 Å². The number of fused-ring (bicyclic) bond motifs is 4. The molecule has 1 spiro atoms. The first kappa shape index (κ1) is 24.9. The van der Waals surface area contributed by atoms with E-state index < -0.39 is 40.5 Å². The van der Waals surface area contributed by atoms with Crippen LogP contribution in [0.2, 0.25) is 0 Å². The van der Waals surface area contributed by atoms with Crippen LogP contribution in [0.15, 0.2) is 42.5 Å². The predicted molar refractivity (Wildman–Crippen MR) is 137 cm³/mol. The van der Waals surface area contributed by atoms with E-state index in [2.05, 4.69) is 15.5 Å². The van der Waals surface area contributed by atoms with Gasteiger partial charge in [-0.05, 0) is 88.1 Å². The summed E-state index contributed by atoms with van der Waals surface area (Å²) in [5, 5.41) is 5.32. The van der Waals surface area contributed by atoms with Crippen LogP contribution in [0.25, 0.3) is 0 Å². The van der Waals surface area contributed by atoms with Crippen LogP contribution in [0, 0.1) is 11.2 Å². The van der Waals surface area contributed by atoms with Crippen molar-refractivity contribution in [2.45, 2.75) is 64.5 Å². The summed E-state index contributed by atoms with van der Waals surface area (Å²) < 4.78 is 13.3. The molecule has 194 valence electrons. The average Bonchev–Trinajstić information content (AvgIpc) is 3.08. The van der Waals surface area contributed by atoms with Crippen molar-refractivity contribution in [3.63, 3.8) is 0 Å². The molecule has 5 amide bonds. The van der Waals surface area contributed by atoms with Gasteiger partial charge in [0, 0.05) is 29.0 Å². The number of anilines is 2. The summed E-state index contributed by atoms with van der Waals surface area (Å²) in [6.07, 6.45) is 3.57. The first-order valence-corrected chi connectivity index (χ1v) is 12.7. The molecule has 5 rings (SSSR count). The minimum absolute atomic E-state index is 0.119. The van der Waals surface area contributed by atoms with Crippen LogP contribution in [0.1, 0.15) is 62.4 Å². The highest BCUT2D eigenvalue weighted by Crippen LogP contribution is 2.48. The highest BCUT2D eigenvalue weighted by molar-refractivity contribution is 6.20. The molecule has 2 saturated heterocycles. The van der Waals surface area contributed by atoms with E-state index in [0.29, 0.717) is 24.2 Å². The van der Waals surface area contributed by atoms with Gasteiger partial charge in [-0.2, -0.15) is 0 Å². The minimum atomic E-state index is -1.46. The van der Waals surface area contributed by atoms with E-state index in [1.54, 1.807) is 32.9 Å². The molecule has 2 fully saturated rings. The van der Waals surface area contributed by atoms with Crippen LogP contribution >= 0.6 is 0 Å². The number of nitrogens with zero attached hydrogens (tertiary/aromatic N) is 2. The van der Waals surface area contributed by atoms with Crippen molar-refractivity contribution in [1.82, 2.24) is 10.2 Å². The van der Waals surface area contributed by atoms with Crippen LogP contribution in [0.5, 0.6) is 0 Å². The quantitative estimate of drug-likeness (QED) is 0.594. The lowest BCUT2D eigenvalue weighted by Gasteiger charge is -2.53. The standard InChI is InChI=1S/C28H31FN4O4/c1-27(2,3)33-25(36)28(24(35)31-26(33)37)16-18-15-20(30-23(34)17-8-10-19(29)11-9-17)12-13-21(18)32-14-6-4-5-7-22(28)32/h8-13,15,22H,4-7,14,16H2,1-3H3,(H,30,34)(H,31,35,37)/t22-,28+/m1/s1. The van der Waals surface area contributed by atoms with Crippen LogP contribution in [-0.2, 0) is 16.0 Å². The molecular weight excluding hydrogens is 475 g/mol. The van der Waals surface area contributed by atoms with E-state index in [-0.39, 0.29) is 12.5 Å². The van der Waals surface area contributed by atoms with Gasteiger partial charge in [0.1, 0.15) is 5.82 Å². The molecule has 9 heteroatoms. The van der Waals surface area contributed by atoms with E-state index in [4.69, 9.17) is 0 Å². The number of amides is 5. The van der Waals surface area contributed by atoms with Crippen molar-refractivity contribution in [3.8, 4) is 0 Å². The van der Waals surface area contributed by atoms with Gasteiger partial charge in [0.05, 0.1) is 6.04 Å². The Kier molecular flexibility index (Phi) is 6.04. The van der Waals surface area contributed by atoms with Gasteiger partial charge in [-0.3, -0.25) is 24.6 Å². The Morgan fingerprint density at radius 1 is 1.05 bits per heavy atom. The second-order valence-electron chi connectivity index (χ2n) is 11.1. The van der Waals surface area contributed by atoms with Gasteiger partial charge in [0.25, 0.3) is 5.91 Å². The number of urea groups is 1. The van der Waals surface area contributed by atoms with Gasteiger partial charge >= 0.3 is 6.03 Å². The first-order valence-electron chi connectivity index (χ1n) is 12.7. The number of imide groups is 2. The van der Waals surface area contributed by atoms with Gasteiger partial charge in [0.15, 0.2) is 5.41 Å². The number of nitrogens with one attached hydrogen (secondary N) is 2. The fourth-order valence-electron chi connectivity index (χ4n) is 5.93. The molecule has 8 nitrogen and oxygen atoms in total. The summed E-state index contributed by atoms with van der Waals surface area (Å²) in [5.41, 5.74) is 0.223. The van der Waals surface area contributed by atoms with Gasteiger partial charge < -0.3 is 10.2 Å². The lowest BCUT2D eigenvalue weighted by molar-refractivity contribution is -0.156. The largest absolute Gasteiger partial charge is 0.367 e. The lowest BCUT2D eigenvalue weighted by atomic mass is 9.67. The second-order valence-corrected chi connectivity index (χ2v) is 11.1. The second kappa shape index (κ2) is 8.97. The van der Waals surface area contributed by atoms with Crippen LogP contribution in [0.3, 0.4) is 0 Å². The van der Waals surface area contributed by atoms with E-state index in [9.17, 15) is 23.6 Å². The third-order valence-electron chi connectivity index (χ3n) is 7.63. The van der Waals surface area contributed by atoms with Crippen LogP contribution < -0.4 is 15.5 Å². The predicted octanol–water partition coefficient (Wildman–Crippen LogP) is 4.25. The normalized spacial score (nSPS) is 23.8. The van der Waals surface area contributed by atoms with Crippen LogP contribution in [0.4, 0.5) is 20.6 Å². The Balaban J connectivity index is 1.56. The molecule has 2 atom stereocenters. The molecule has 2 aromatic rings. The molecule has 3 aliphatic heterocycles. The number of carbonyl (C=O) groups excluding carboxylic acids is 4. The van der Waals surface area contributed by atoms with E-state index >= 15 is 0 Å². The molecule has 37 heavy (non-hydrogen) atoms. The number of benzene rings is 2. The summed E-state index contributed by atoms with van der Waals surface area (Å²) >= 11 is 0. The topological polar surface area (TPSA) is 98.8 Å². The van der Waals surface area contributed by atoms with Gasteiger partial charge in [-0.1, -0.05) is 12.8 Å². The van der Waals surface area contributed by atoms with Crippen LogP contribution in [-0.4, -0.2) is 46.8 Å². The molecule has 0 unspecified atom stereocenters. The molecule has 0 bridgehead atoms. The van der Waals surface area contributed by atoms with E-state index in [1.165, 1.54) is 29.2 Å². The fourth-order valence-corrected chi connectivity index (χ4v) is 5.93. The van der Waals surface area contributed by atoms with E-state index in [1.807, 2.05) is 6.07 Å². The van der Waals surface area contributed by atoms with Crippen molar-refractivity contribution in [3.05, 3.63) is 59.4 Å². The van der Waals surface area contributed by atoms with Crippen molar-refractivity contribution in [1.29, 1.82) is 0 Å². The number of hydrogen-bond acceptors (Lipinski definition) is 5. The zero-order valence-electron chi connectivity index (χ0n) is 21.3. The van der Waals surface area contributed by atoms with Gasteiger partial charge in [0.2, 0.25) is 11.8 Å². The highest BCUT2D eigenvalue weighted by atomic mass is 19.1. The molecule has 2 N–H and O–H groups in total. The summed E-state index contributed by atoms with van der Waals surface area (Å²) in [6.45, 7) is 6.01. The Bertz CT molecular complexity index is 1290. The summed E-state index contributed by atoms with van der Waals surface area (Å²) in [7, 11) is 0. The molecule has 3 heterocycles. The number of carbonyl (C=O) groups is 4. The zero-order chi connectivity index (χ0) is 26.5. The Morgan fingerprint density at radius 3 is 2.49 bits per heavy atom. The van der Waals surface area contributed by atoms with Crippen molar-refractivity contribution in [2.24, 2.45) is 5.41 Å². The number of halogens is 1. The van der Waals surface area contributed by atoms with E-state index in [0.717, 1.165) is 30.5 Å². The number of rotatable bonds is 2. The number of hydrogen-bond donors (Lipinski definition) is 2. The molecule has 2 aromatic carbocycles. The average molecular weight is 507 g/mol. The molecule has 0 aliphatic carbocycles. The third-order valence-corrected chi connectivity index (χ3v) is 7.63. The monoisotopic (exact) mass is 506 g/mol. The smallest absolute Gasteiger partial charge is 0.331 e. The minimum Gasteiger partial charge on any atom is -0.367 e. The summed E-state index contributed by atoms with van der Waals surface area (Å²) in [4.78, 5) is 56.6. The lowest BCUT2D eigenvalue weighted by Crippen LogP contribution is -2.74. The summed E-state index contributed by atoms with van der Waals surface area (Å²) in [6, 6.07) is 9.68. The molecule has 0 saturated carbocycles. The maximum atomic E-state index is 14.1. The first-order chi connectivity index (χ1) is 17.5. The maximum Gasteiger partial charge on any atom is 0.331 e. The molecule has 0 radical (unpaired) electrons. The van der Waals surface area contributed by atoms with Crippen molar-refractivity contribution < 1.29 is 23.6 Å². The Labute approximate surface area is 215 Å². The Hall–Kier alpha value is -3.75. The zero-order valence-corrected chi connectivity index (χ0v) is 21.3. The maximum absolute atomic E-state index is 14.1. The third kappa shape index (κ3) is 4.16. The molecule has 0 aromatic heterocycles. The highest BCUT2D eigenvalue weighted by Gasteiger charge is 2.63. The fraction of sp³-hybridized carbons (Fsp3) is 0.429. The SMILES string of the molecule is CC(C)(C)N1C(=O)NC(=O)[C@@]2(Cc3cc(NC(=O)c4ccc(F)cc4)ccc3N3CCCCC[C@@H]32)C1=O. The molecule has 3 aliphatic rings. The number of barbiturate groups is 1.